The lowest BCUT2D eigenvalue weighted by Crippen LogP contribution is -2.24. The zero-order valence-electron chi connectivity index (χ0n) is 10.4. The Morgan fingerprint density at radius 3 is 2.84 bits per heavy atom. The van der Waals surface area contributed by atoms with Crippen molar-refractivity contribution in [3.05, 3.63) is 63.6 Å². The summed E-state index contributed by atoms with van der Waals surface area (Å²) in [7, 11) is 0. The van der Waals surface area contributed by atoms with E-state index < -0.39 is 0 Å². The van der Waals surface area contributed by atoms with Gasteiger partial charge in [0.25, 0.3) is 0 Å². The van der Waals surface area contributed by atoms with Gasteiger partial charge in [-0.1, -0.05) is 24.3 Å². The summed E-state index contributed by atoms with van der Waals surface area (Å²) in [5, 5.41) is 12.3. The van der Waals surface area contributed by atoms with E-state index in [1.165, 1.54) is 11.1 Å². The third-order valence-electron chi connectivity index (χ3n) is 3.60. The van der Waals surface area contributed by atoms with Gasteiger partial charge in [0.05, 0.1) is 5.56 Å². The van der Waals surface area contributed by atoms with Gasteiger partial charge in [0, 0.05) is 22.6 Å². The molecule has 0 heterocycles. The quantitative estimate of drug-likeness (QED) is 0.927. The molecule has 3 rings (SSSR count). The third kappa shape index (κ3) is 2.36. The van der Waals surface area contributed by atoms with Crippen LogP contribution in [0, 0.1) is 11.3 Å². The fourth-order valence-electron chi connectivity index (χ4n) is 2.50. The van der Waals surface area contributed by atoms with Crippen LogP contribution in [0.25, 0.3) is 0 Å². The Morgan fingerprint density at radius 2 is 2.11 bits per heavy atom. The van der Waals surface area contributed by atoms with E-state index in [-0.39, 0.29) is 0 Å². The Labute approximate surface area is 121 Å². The molecule has 0 aliphatic heterocycles. The number of benzene rings is 2. The lowest BCUT2D eigenvalue weighted by Gasteiger charge is -2.30. The zero-order chi connectivity index (χ0) is 13.2. The number of nitrogens with zero attached hydrogens (tertiary/aromatic N) is 1. The van der Waals surface area contributed by atoms with Crippen LogP contribution in [0.15, 0.2) is 46.9 Å². The molecule has 0 bridgehead atoms. The summed E-state index contributed by atoms with van der Waals surface area (Å²) < 4.78 is 0.842. The molecule has 0 aromatic heterocycles. The topological polar surface area (TPSA) is 35.8 Å². The highest BCUT2D eigenvalue weighted by molar-refractivity contribution is 9.10. The van der Waals surface area contributed by atoms with Crippen molar-refractivity contribution < 1.29 is 0 Å². The van der Waals surface area contributed by atoms with Crippen LogP contribution in [-0.2, 0) is 6.42 Å². The number of rotatable bonds is 3. The molecule has 2 aromatic rings. The Balaban J connectivity index is 1.66. The maximum atomic E-state index is 8.88. The SMILES string of the molecule is N#Cc1ccc(NCC2Cc3ccccc32)cc1Br. The van der Waals surface area contributed by atoms with Crippen LogP contribution in [0.1, 0.15) is 22.6 Å². The monoisotopic (exact) mass is 312 g/mol. The summed E-state index contributed by atoms with van der Waals surface area (Å²) in [5.41, 5.74) is 4.65. The molecule has 1 aliphatic carbocycles. The van der Waals surface area contributed by atoms with Crippen LogP contribution in [-0.4, -0.2) is 6.54 Å². The van der Waals surface area contributed by atoms with Crippen molar-refractivity contribution >= 4 is 21.6 Å². The molecular weight excluding hydrogens is 300 g/mol. The molecule has 1 atom stereocenters. The Bertz CT molecular complexity index is 658. The Kier molecular flexibility index (Phi) is 3.27. The van der Waals surface area contributed by atoms with Gasteiger partial charge in [-0.2, -0.15) is 5.26 Å². The number of fused-ring (bicyclic) bond motifs is 1. The lowest BCUT2D eigenvalue weighted by molar-refractivity contribution is 0.636. The first-order valence-corrected chi connectivity index (χ1v) is 7.08. The molecule has 1 N–H and O–H groups in total. The van der Waals surface area contributed by atoms with E-state index in [0.29, 0.717) is 11.5 Å². The molecule has 2 nitrogen and oxygen atoms in total. The maximum absolute atomic E-state index is 8.88. The highest BCUT2D eigenvalue weighted by Gasteiger charge is 2.24. The summed E-state index contributed by atoms with van der Waals surface area (Å²) in [6.45, 7) is 0.940. The smallest absolute Gasteiger partial charge is 0.100 e. The van der Waals surface area contributed by atoms with E-state index in [1.54, 1.807) is 0 Å². The second-order valence-electron chi connectivity index (χ2n) is 4.79. The number of hydrogen-bond donors (Lipinski definition) is 1. The predicted octanol–water partition coefficient (Wildman–Crippen LogP) is 4.07. The number of nitrogens with one attached hydrogen (secondary N) is 1. The minimum atomic E-state index is 0.602. The van der Waals surface area contributed by atoms with Crippen LogP contribution in [0.2, 0.25) is 0 Å². The summed E-state index contributed by atoms with van der Waals surface area (Å²) in [6, 6.07) is 16.5. The minimum Gasteiger partial charge on any atom is -0.384 e. The van der Waals surface area contributed by atoms with E-state index in [9.17, 15) is 0 Å². The first kappa shape index (κ1) is 12.3. The van der Waals surface area contributed by atoms with Crippen molar-refractivity contribution in [2.24, 2.45) is 0 Å². The normalized spacial score (nSPS) is 16.1. The second-order valence-corrected chi connectivity index (χ2v) is 5.64. The van der Waals surface area contributed by atoms with Crippen molar-refractivity contribution in [2.75, 3.05) is 11.9 Å². The largest absolute Gasteiger partial charge is 0.384 e. The highest BCUT2D eigenvalue weighted by Crippen LogP contribution is 2.34. The van der Waals surface area contributed by atoms with Crippen molar-refractivity contribution in [1.82, 2.24) is 0 Å². The molecule has 1 unspecified atom stereocenters. The fourth-order valence-corrected chi connectivity index (χ4v) is 2.97. The van der Waals surface area contributed by atoms with Crippen molar-refractivity contribution in [1.29, 1.82) is 5.26 Å². The Hall–Kier alpha value is -1.79. The summed E-state index contributed by atoms with van der Waals surface area (Å²) in [5.74, 6) is 0.602. The lowest BCUT2D eigenvalue weighted by atomic mass is 9.77. The van der Waals surface area contributed by atoms with Gasteiger partial charge >= 0.3 is 0 Å². The van der Waals surface area contributed by atoms with Gasteiger partial charge in [-0.15, -0.1) is 0 Å². The van der Waals surface area contributed by atoms with Crippen LogP contribution in [0.4, 0.5) is 5.69 Å². The van der Waals surface area contributed by atoms with E-state index in [2.05, 4.69) is 51.6 Å². The van der Waals surface area contributed by atoms with Gasteiger partial charge in [0.15, 0.2) is 0 Å². The molecule has 0 radical (unpaired) electrons. The zero-order valence-corrected chi connectivity index (χ0v) is 11.9. The summed E-state index contributed by atoms with van der Waals surface area (Å²) in [6.07, 6.45) is 1.15. The van der Waals surface area contributed by atoms with E-state index >= 15 is 0 Å². The number of nitriles is 1. The van der Waals surface area contributed by atoms with Crippen LogP contribution in [0.3, 0.4) is 0 Å². The van der Waals surface area contributed by atoms with Crippen LogP contribution in [0.5, 0.6) is 0 Å². The first-order valence-electron chi connectivity index (χ1n) is 6.29. The third-order valence-corrected chi connectivity index (χ3v) is 4.26. The minimum absolute atomic E-state index is 0.602. The fraction of sp³-hybridized carbons (Fsp3) is 0.188. The highest BCUT2D eigenvalue weighted by atomic mass is 79.9. The molecule has 0 spiro atoms. The summed E-state index contributed by atoms with van der Waals surface area (Å²) in [4.78, 5) is 0. The van der Waals surface area contributed by atoms with Gasteiger partial charge in [-0.05, 0) is 51.7 Å². The van der Waals surface area contributed by atoms with Crippen LogP contribution < -0.4 is 5.32 Å². The van der Waals surface area contributed by atoms with Gasteiger partial charge in [-0.3, -0.25) is 0 Å². The molecule has 0 saturated heterocycles. The molecular formula is C16H13BrN2. The number of hydrogen-bond acceptors (Lipinski definition) is 2. The molecule has 19 heavy (non-hydrogen) atoms. The maximum Gasteiger partial charge on any atom is 0.100 e. The van der Waals surface area contributed by atoms with Gasteiger partial charge in [0.1, 0.15) is 6.07 Å². The molecule has 0 fully saturated rings. The average Bonchev–Trinajstić information content (AvgIpc) is 2.40. The molecule has 2 aromatic carbocycles. The molecule has 0 saturated carbocycles. The van der Waals surface area contributed by atoms with Crippen molar-refractivity contribution in [3.8, 4) is 6.07 Å². The molecule has 94 valence electrons. The van der Waals surface area contributed by atoms with Gasteiger partial charge in [-0.25, -0.2) is 0 Å². The average molecular weight is 313 g/mol. The van der Waals surface area contributed by atoms with Crippen molar-refractivity contribution in [3.63, 3.8) is 0 Å². The molecule has 0 amide bonds. The number of anilines is 1. The van der Waals surface area contributed by atoms with Crippen LogP contribution >= 0.6 is 15.9 Å². The standard InChI is InChI=1S/C16H13BrN2/c17-16-8-14(6-5-12(16)9-18)19-10-13-7-11-3-1-2-4-15(11)13/h1-6,8,13,19H,7,10H2. The molecule has 1 aliphatic rings. The second kappa shape index (κ2) is 5.07. The Morgan fingerprint density at radius 1 is 1.26 bits per heavy atom. The predicted molar refractivity (Wildman–Crippen MR) is 80.2 cm³/mol. The van der Waals surface area contributed by atoms with Crippen molar-refractivity contribution in [2.45, 2.75) is 12.3 Å². The summed E-state index contributed by atoms with van der Waals surface area (Å²) >= 11 is 3.41. The van der Waals surface area contributed by atoms with E-state index in [4.69, 9.17) is 5.26 Å². The first-order chi connectivity index (χ1) is 9.28. The van der Waals surface area contributed by atoms with Gasteiger partial charge in [0.2, 0.25) is 0 Å². The van der Waals surface area contributed by atoms with Gasteiger partial charge < -0.3 is 5.32 Å². The molecule has 3 heteroatoms. The van der Waals surface area contributed by atoms with E-state index in [1.807, 2.05) is 18.2 Å². The van der Waals surface area contributed by atoms with E-state index in [0.717, 1.165) is 23.1 Å². The number of halogens is 1.